The van der Waals surface area contributed by atoms with Crippen molar-refractivity contribution in [2.45, 2.75) is 51.0 Å². The minimum atomic E-state index is 0.601. The quantitative estimate of drug-likeness (QED) is 0.585. The SMILES string of the molecule is COC1CCC[C@@H]2CCCC[C@@H]12. The van der Waals surface area contributed by atoms with Crippen LogP contribution < -0.4 is 0 Å². The standard InChI is InChI=1S/C11H20O/c1-12-11-8-4-6-9-5-2-3-7-10(9)11/h9-11H,2-8H2,1H3/t9-,10+,11?/m0/s1. The predicted octanol–water partition coefficient (Wildman–Crippen LogP) is 2.99. The molecule has 0 saturated heterocycles. The number of hydrogen-bond acceptors (Lipinski definition) is 1. The Morgan fingerprint density at radius 1 is 0.917 bits per heavy atom. The minimum absolute atomic E-state index is 0.601. The Kier molecular flexibility index (Phi) is 2.69. The van der Waals surface area contributed by atoms with Crippen molar-refractivity contribution in [3.8, 4) is 0 Å². The van der Waals surface area contributed by atoms with Crippen LogP contribution in [0.25, 0.3) is 0 Å². The van der Waals surface area contributed by atoms with Crippen molar-refractivity contribution in [2.24, 2.45) is 11.8 Å². The van der Waals surface area contributed by atoms with Gasteiger partial charge in [-0.1, -0.05) is 25.7 Å². The van der Waals surface area contributed by atoms with E-state index in [1.54, 1.807) is 0 Å². The largest absolute Gasteiger partial charge is 0.381 e. The van der Waals surface area contributed by atoms with Gasteiger partial charge in [-0.05, 0) is 31.1 Å². The first kappa shape index (κ1) is 8.55. The summed E-state index contributed by atoms with van der Waals surface area (Å²) in [5.74, 6) is 1.93. The predicted molar refractivity (Wildman–Crippen MR) is 50.1 cm³/mol. The van der Waals surface area contributed by atoms with Crippen LogP contribution in [0.4, 0.5) is 0 Å². The average molecular weight is 168 g/mol. The molecule has 2 aliphatic rings. The zero-order valence-corrected chi connectivity index (χ0v) is 8.09. The van der Waals surface area contributed by atoms with Gasteiger partial charge in [0.1, 0.15) is 0 Å². The van der Waals surface area contributed by atoms with Gasteiger partial charge in [-0.3, -0.25) is 0 Å². The normalized spacial score (nSPS) is 42.2. The molecule has 0 N–H and O–H groups in total. The maximum Gasteiger partial charge on any atom is 0.0602 e. The molecule has 1 heteroatoms. The highest BCUT2D eigenvalue weighted by Crippen LogP contribution is 2.41. The second-order valence-electron chi connectivity index (χ2n) is 4.41. The first-order valence-electron chi connectivity index (χ1n) is 5.44. The molecule has 0 aromatic rings. The van der Waals surface area contributed by atoms with E-state index in [1.807, 2.05) is 7.11 Å². The Bertz CT molecular complexity index is 135. The van der Waals surface area contributed by atoms with Gasteiger partial charge in [0.2, 0.25) is 0 Å². The highest BCUT2D eigenvalue weighted by Gasteiger charge is 2.34. The molecule has 0 radical (unpaired) electrons. The molecular weight excluding hydrogens is 148 g/mol. The van der Waals surface area contributed by atoms with Gasteiger partial charge < -0.3 is 4.74 Å². The van der Waals surface area contributed by atoms with Crippen LogP contribution in [0.3, 0.4) is 0 Å². The van der Waals surface area contributed by atoms with Crippen LogP contribution >= 0.6 is 0 Å². The summed E-state index contributed by atoms with van der Waals surface area (Å²) in [4.78, 5) is 0. The van der Waals surface area contributed by atoms with Crippen molar-refractivity contribution >= 4 is 0 Å². The molecule has 0 spiro atoms. The lowest BCUT2D eigenvalue weighted by Crippen LogP contribution is -2.35. The summed E-state index contributed by atoms with van der Waals surface area (Å²) in [6, 6.07) is 0. The van der Waals surface area contributed by atoms with Gasteiger partial charge in [-0.25, -0.2) is 0 Å². The second-order valence-corrected chi connectivity index (χ2v) is 4.41. The molecule has 0 aromatic carbocycles. The second kappa shape index (κ2) is 3.78. The lowest BCUT2D eigenvalue weighted by Gasteiger charge is -2.40. The van der Waals surface area contributed by atoms with E-state index in [-0.39, 0.29) is 0 Å². The van der Waals surface area contributed by atoms with E-state index in [0.29, 0.717) is 6.10 Å². The lowest BCUT2D eigenvalue weighted by atomic mass is 9.69. The molecule has 3 atom stereocenters. The molecule has 0 bridgehead atoms. The number of ether oxygens (including phenoxy) is 1. The Labute approximate surface area is 75.5 Å². The van der Waals surface area contributed by atoms with Gasteiger partial charge in [-0.2, -0.15) is 0 Å². The van der Waals surface area contributed by atoms with Gasteiger partial charge in [-0.15, -0.1) is 0 Å². The fourth-order valence-corrected chi connectivity index (χ4v) is 3.17. The molecule has 1 unspecified atom stereocenters. The smallest absolute Gasteiger partial charge is 0.0602 e. The van der Waals surface area contributed by atoms with Crippen LogP contribution in [0.5, 0.6) is 0 Å². The Hall–Kier alpha value is -0.0400. The van der Waals surface area contributed by atoms with E-state index in [1.165, 1.54) is 44.9 Å². The molecule has 2 fully saturated rings. The molecule has 12 heavy (non-hydrogen) atoms. The molecule has 0 aromatic heterocycles. The highest BCUT2D eigenvalue weighted by molar-refractivity contribution is 4.85. The first-order chi connectivity index (χ1) is 5.92. The van der Waals surface area contributed by atoms with E-state index in [0.717, 1.165) is 11.8 Å². The number of hydrogen-bond donors (Lipinski definition) is 0. The maximum atomic E-state index is 5.56. The molecule has 2 rings (SSSR count). The zero-order chi connectivity index (χ0) is 8.39. The number of fused-ring (bicyclic) bond motifs is 1. The third-order valence-electron chi connectivity index (χ3n) is 3.81. The monoisotopic (exact) mass is 168 g/mol. The molecule has 1 nitrogen and oxygen atoms in total. The number of methoxy groups -OCH3 is 1. The van der Waals surface area contributed by atoms with Crippen LogP contribution in [0.2, 0.25) is 0 Å². The van der Waals surface area contributed by atoms with Gasteiger partial charge in [0.25, 0.3) is 0 Å². The van der Waals surface area contributed by atoms with Crippen LogP contribution in [0, 0.1) is 11.8 Å². The average Bonchev–Trinajstić information content (AvgIpc) is 2.17. The van der Waals surface area contributed by atoms with Crippen LogP contribution in [0.15, 0.2) is 0 Å². The Balaban J connectivity index is 1.99. The van der Waals surface area contributed by atoms with Crippen LogP contribution in [-0.4, -0.2) is 13.2 Å². The molecule has 70 valence electrons. The highest BCUT2D eigenvalue weighted by atomic mass is 16.5. The van der Waals surface area contributed by atoms with Crippen LogP contribution in [0.1, 0.15) is 44.9 Å². The van der Waals surface area contributed by atoms with Gasteiger partial charge in [0, 0.05) is 7.11 Å². The summed E-state index contributed by atoms with van der Waals surface area (Å²) < 4.78 is 5.56. The van der Waals surface area contributed by atoms with Gasteiger partial charge in [0.15, 0.2) is 0 Å². The molecule has 0 amide bonds. The molecule has 0 heterocycles. The van der Waals surface area contributed by atoms with Crippen molar-refractivity contribution in [3.63, 3.8) is 0 Å². The lowest BCUT2D eigenvalue weighted by molar-refractivity contribution is -0.0211. The van der Waals surface area contributed by atoms with Crippen molar-refractivity contribution in [1.82, 2.24) is 0 Å². The fourth-order valence-electron chi connectivity index (χ4n) is 3.17. The molecule has 2 aliphatic carbocycles. The number of rotatable bonds is 1. The van der Waals surface area contributed by atoms with Crippen LogP contribution in [-0.2, 0) is 4.74 Å². The summed E-state index contributed by atoms with van der Waals surface area (Å²) in [6.07, 6.45) is 10.6. The third-order valence-corrected chi connectivity index (χ3v) is 3.81. The molecule has 0 aliphatic heterocycles. The van der Waals surface area contributed by atoms with E-state index < -0.39 is 0 Å². The maximum absolute atomic E-state index is 5.56. The summed E-state index contributed by atoms with van der Waals surface area (Å²) in [5, 5.41) is 0. The van der Waals surface area contributed by atoms with E-state index >= 15 is 0 Å². The summed E-state index contributed by atoms with van der Waals surface area (Å²) in [7, 11) is 1.89. The zero-order valence-electron chi connectivity index (χ0n) is 8.09. The molecule has 2 saturated carbocycles. The van der Waals surface area contributed by atoms with Crippen molar-refractivity contribution < 1.29 is 4.74 Å². The van der Waals surface area contributed by atoms with E-state index in [9.17, 15) is 0 Å². The minimum Gasteiger partial charge on any atom is -0.381 e. The summed E-state index contributed by atoms with van der Waals surface area (Å²) in [6.45, 7) is 0. The van der Waals surface area contributed by atoms with Crippen molar-refractivity contribution in [2.75, 3.05) is 7.11 Å². The summed E-state index contributed by atoms with van der Waals surface area (Å²) in [5.41, 5.74) is 0. The first-order valence-corrected chi connectivity index (χ1v) is 5.44. The van der Waals surface area contributed by atoms with Gasteiger partial charge >= 0.3 is 0 Å². The van der Waals surface area contributed by atoms with Gasteiger partial charge in [0.05, 0.1) is 6.10 Å². The fraction of sp³-hybridized carbons (Fsp3) is 1.00. The topological polar surface area (TPSA) is 9.23 Å². The summed E-state index contributed by atoms with van der Waals surface area (Å²) >= 11 is 0. The van der Waals surface area contributed by atoms with E-state index in [2.05, 4.69) is 0 Å². The van der Waals surface area contributed by atoms with E-state index in [4.69, 9.17) is 4.74 Å². The third kappa shape index (κ3) is 1.52. The Morgan fingerprint density at radius 3 is 2.50 bits per heavy atom. The van der Waals surface area contributed by atoms with Crippen molar-refractivity contribution in [1.29, 1.82) is 0 Å². The molecular formula is C11H20O. The van der Waals surface area contributed by atoms with Crippen molar-refractivity contribution in [3.05, 3.63) is 0 Å². The Morgan fingerprint density at radius 2 is 1.67 bits per heavy atom.